The van der Waals surface area contributed by atoms with E-state index in [1.54, 1.807) is 0 Å². The first-order valence-electron chi connectivity index (χ1n) is 8.08. The molecule has 1 rings (SSSR count). The predicted molar refractivity (Wildman–Crippen MR) is 80.7 cm³/mol. The molecule has 1 heterocycles. The minimum Gasteiger partial charge on any atom is -0.330 e. The molecule has 0 fully saturated rings. The molecular weight excluding hydrogens is 254 g/mol. The van der Waals surface area contributed by atoms with Crippen LogP contribution in [0.4, 0.5) is 0 Å². The summed E-state index contributed by atoms with van der Waals surface area (Å²) in [5, 5.41) is 3.65. The Bertz CT molecular complexity index is 373. The average Bonchev–Trinajstić information content (AvgIpc) is 2.86. The summed E-state index contributed by atoms with van der Waals surface area (Å²) in [4.78, 5) is 13.3. The van der Waals surface area contributed by atoms with Crippen molar-refractivity contribution in [2.24, 2.45) is 5.73 Å². The van der Waals surface area contributed by atoms with Crippen LogP contribution < -0.4 is 11.5 Å². The second-order valence-electron chi connectivity index (χ2n) is 5.47. The van der Waals surface area contributed by atoms with E-state index in [0.29, 0.717) is 5.82 Å². The number of aryl methyl sites for hydroxylation is 1. The third-order valence-corrected chi connectivity index (χ3v) is 3.60. The van der Waals surface area contributed by atoms with Crippen molar-refractivity contribution < 1.29 is 4.52 Å². The van der Waals surface area contributed by atoms with E-state index < -0.39 is 5.76 Å². The van der Waals surface area contributed by atoms with Gasteiger partial charge in [0.1, 0.15) is 0 Å². The van der Waals surface area contributed by atoms with Gasteiger partial charge in [-0.1, -0.05) is 62.9 Å². The normalized spacial score (nSPS) is 11.1. The zero-order valence-electron chi connectivity index (χ0n) is 12.5. The third kappa shape index (κ3) is 8.91. The van der Waals surface area contributed by atoms with Gasteiger partial charge in [-0.15, -0.1) is 0 Å². The van der Waals surface area contributed by atoms with Crippen LogP contribution in [-0.2, 0) is 6.42 Å². The molecule has 1 aromatic rings. The van der Waals surface area contributed by atoms with E-state index >= 15 is 0 Å². The smallest absolute Gasteiger partial charge is 0.330 e. The highest BCUT2D eigenvalue weighted by atomic mass is 16.5. The lowest BCUT2D eigenvalue weighted by Gasteiger charge is -2.02. The molecule has 0 aromatic carbocycles. The van der Waals surface area contributed by atoms with Gasteiger partial charge in [0.25, 0.3) is 0 Å². The second-order valence-corrected chi connectivity index (χ2v) is 5.47. The van der Waals surface area contributed by atoms with Crippen molar-refractivity contribution in [2.45, 2.75) is 77.0 Å². The SMILES string of the molecule is NCCCCCCCCCCCCCc1noc(=O)[nH]1. The molecule has 0 amide bonds. The first-order valence-corrected chi connectivity index (χ1v) is 8.08. The van der Waals surface area contributed by atoms with Gasteiger partial charge in [0.05, 0.1) is 0 Å². The molecule has 5 heteroatoms. The average molecular weight is 283 g/mol. The molecule has 1 aromatic heterocycles. The largest absolute Gasteiger partial charge is 0.438 e. The minimum absolute atomic E-state index is 0.452. The highest BCUT2D eigenvalue weighted by molar-refractivity contribution is 4.77. The van der Waals surface area contributed by atoms with Crippen LogP contribution in [0.3, 0.4) is 0 Å². The Morgan fingerprint density at radius 3 is 1.80 bits per heavy atom. The zero-order valence-corrected chi connectivity index (χ0v) is 12.5. The van der Waals surface area contributed by atoms with Crippen molar-refractivity contribution in [1.29, 1.82) is 0 Å². The Morgan fingerprint density at radius 2 is 1.35 bits per heavy atom. The Labute approximate surface area is 121 Å². The predicted octanol–water partition coefficient (Wildman–Crippen LogP) is 3.16. The monoisotopic (exact) mass is 283 g/mol. The van der Waals surface area contributed by atoms with Gasteiger partial charge in [-0.25, -0.2) is 4.79 Å². The third-order valence-electron chi connectivity index (χ3n) is 3.60. The number of H-pyrrole nitrogens is 1. The van der Waals surface area contributed by atoms with Gasteiger partial charge < -0.3 is 5.73 Å². The summed E-state index contributed by atoms with van der Waals surface area (Å²) in [7, 11) is 0. The first kappa shape index (κ1) is 17.0. The summed E-state index contributed by atoms with van der Waals surface area (Å²) < 4.78 is 4.45. The summed E-state index contributed by atoms with van der Waals surface area (Å²) in [6, 6.07) is 0. The number of rotatable bonds is 13. The van der Waals surface area contributed by atoms with Crippen LogP contribution in [0.5, 0.6) is 0 Å². The molecule has 0 radical (unpaired) electrons. The minimum atomic E-state index is -0.452. The van der Waals surface area contributed by atoms with Crippen molar-refractivity contribution in [1.82, 2.24) is 10.1 Å². The maximum absolute atomic E-state index is 10.7. The number of hydrogen-bond donors (Lipinski definition) is 2. The van der Waals surface area contributed by atoms with Crippen LogP contribution in [0.1, 0.15) is 76.5 Å². The number of aromatic nitrogens is 2. The molecule has 0 aliphatic heterocycles. The fraction of sp³-hybridized carbons (Fsp3) is 0.867. The number of aromatic amines is 1. The van der Waals surface area contributed by atoms with Crippen LogP contribution in [0.15, 0.2) is 9.32 Å². The van der Waals surface area contributed by atoms with Crippen molar-refractivity contribution in [2.75, 3.05) is 6.54 Å². The highest BCUT2D eigenvalue weighted by Gasteiger charge is 1.99. The van der Waals surface area contributed by atoms with E-state index in [9.17, 15) is 4.79 Å². The van der Waals surface area contributed by atoms with E-state index in [1.165, 1.54) is 64.2 Å². The molecule has 0 unspecified atom stereocenters. The molecule has 0 aliphatic carbocycles. The van der Waals surface area contributed by atoms with Crippen molar-refractivity contribution >= 4 is 0 Å². The van der Waals surface area contributed by atoms with Gasteiger partial charge in [-0.3, -0.25) is 9.51 Å². The van der Waals surface area contributed by atoms with Gasteiger partial charge in [-0.2, -0.15) is 0 Å². The molecule has 116 valence electrons. The van der Waals surface area contributed by atoms with Crippen molar-refractivity contribution in [3.05, 3.63) is 16.4 Å². The Morgan fingerprint density at radius 1 is 0.850 bits per heavy atom. The summed E-state index contributed by atoms with van der Waals surface area (Å²) in [6.07, 6.45) is 14.9. The van der Waals surface area contributed by atoms with Crippen LogP contribution in [0.25, 0.3) is 0 Å². The fourth-order valence-electron chi connectivity index (χ4n) is 2.40. The number of hydrogen-bond acceptors (Lipinski definition) is 4. The Kier molecular flexibility index (Phi) is 9.92. The number of unbranched alkanes of at least 4 members (excludes halogenated alkanes) is 10. The summed E-state index contributed by atoms with van der Waals surface area (Å²) in [6.45, 7) is 0.836. The highest BCUT2D eigenvalue weighted by Crippen LogP contribution is 2.11. The van der Waals surface area contributed by atoms with Crippen LogP contribution in [0, 0.1) is 0 Å². The number of nitrogens with one attached hydrogen (secondary N) is 1. The fourth-order valence-corrected chi connectivity index (χ4v) is 2.40. The summed E-state index contributed by atoms with van der Waals surface area (Å²) >= 11 is 0. The van der Waals surface area contributed by atoms with E-state index in [4.69, 9.17) is 5.73 Å². The lowest BCUT2D eigenvalue weighted by Crippen LogP contribution is -1.97. The Hall–Kier alpha value is -1.10. The van der Waals surface area contributed by atoms with Gasteiger partial charge >= 0.3 is 5.76 Å². The van der Waals surface area contributed by atoms with E-state index in [1.807, 2.05) is 0 Å². The first-order chi connectivity index (χ1) is 9.83. The van der Waals surface area contributed by atoms with Crippen molar-refractivity contribution in [3.63, 3.8) is 0 Å². The molecule has 0 saturated heterocycles. The zero-order chi connectivity index (χ0) is 14.5. The quantitative estimate of drug-likeness (QED) is 0.545. The number of nitrogens with two attached hydrogens (primary N) is 1. The summed E-state index contributed by atoms with van der Waals surface area (Å²) in [5.74, 6) is 0.221. The molecule has 0 atom stereocenters. The van der Waals surface area contributed by atoms with E-state index in [0.717, 1.165) is 19.4 Å². The van der Waals surface area contributed by atoms with Crippen LogP contribution in [-0.4, -0.2) is 16.7 Å². The van der Waals surface area contributed by atoms with Gasteiger partial charge in [0.2, 0.25) is 0 Å². The molecule has 0 bridgehead atoms. The molecular formula is C15H29N3O2. The number of nitrogens with zero attached hydrogens (tertiary/aromatic N) is 1. The molecule has 0 spiro atoms. The Balaban J connectivity index is 1.77. The van der Waals surface area contributed by atoms with E-state index in [-0.39, 0.29) is 0 Å². The second kappa shape index (κ2) is 11.7. The molecule has 3 N–H and O–H groups in total. The molecule has 0 aliphatic rings. The molecule has 5 nitrogen and oxygen atoms in total. The van der Waals surface area contributed by atoms with Gasteiger partial charge in [0, 0.05) is 6.42 Å². The van der Waals surface area contributed by atoms with Crippen LogP contribution in [0.2, 0.25) is 0 Å². The standard InChI is InChI=1S/C15H29N3O2/c16-13-11-9-7-5-3-1-2-4-6-8-10-12-14-17-15(19)20-18-14/h1-13,16H2,(H,17,18,19). The lowest BCUT2D eigenvalue weighted by atomic mass is 10.1. The topological polar surface area (TPSA) is 84.9 Å². The summed E-state index contributed by atoms with van der Waals surface area (Å²) in [5.41, 5.74) is 5.46. The van der Waals surface area contributed by atoms with Gasteiger partial charge in [-0.05, 0) is 19.4 Å². The molecule has 0 saturated carbocycles. The molecule has 20 heavy (non-hydrogen) atoms. The van der Waals surface area contributed by atoms with E-state index in [2.05, 4.69) is 14.7 Å². The van der Waals surface area contributed by atoms with Crippen LogP contribution >= 0.6 is 0 Å². The van der Waals surface area contributed by atoms with Gasteiger partial charge in [0.15, 0.2) is 5.82 Å². The lowest BCUT2D eigenvalue weighted by molar-refractivity contribution is 0.380. The maximum atomic E-state index is 10.7. The van der Waals surface area contributed by atoms with Crippen molar-refractivity contribution in [3.8, 4) is 0 Å². The maximum Gasteiger partial charge on any atom is 0.438 e.